The van der Waals surface area contributed by atoms with Crippen molar-refractivity contribution < 1.29 is 56.4 Å². The molecule has 0 saturated carbocycles. The van der Waals surface area contributed by atoms with Gasteiger partial charge in [-0.15, -0.1) is 0 Å². The van der Waals surface area contributed by atoms with Gasteiger partial charge in [0.15, 0.2) is 12.4 Å². The van der Waals surface area contributed by atoms with Crippen molar-refractivity contribution in [2.45, 2.75) is 0 Å². The topological polar surface area (TPSA) is 27.0 Å². The summed E-state index contributed by atoms with van der Waals surface area (Å²) < 4.78 is 0. The number of aromatic amines is 1. The van der Waals surface area contributed by atoms with Crippen LogP contribution < -0.4 is 56.4 Å². The number of rotatable bonds is 1. The molecule has 58 valence electrons. The van der Waals surface area contributed by atoms with E-state index in [1.807, 2.05) is 42.7 Å². The van der Waals surface area contributed by atoms with Crippen LogP contribution in [-0.2, 0) is 0 Å². The fraction of sp³-hybridized carbons (Fsp3) is 0. The maximum atomic E-state index is 4.24. The molecule has 1 N–H and O–H groups in total. The number of nitrogens with zero attached hydrogens (tertiary/aromatic N) is 1. The third-order valence-electron chi connectivity index (χ3n) is 1.68. The fourth-order valence-corrected chi connectivity index (χ4v) is 1.09. The van der Waals surface area contributed by atoms with Crippen LogP contribution in [0.3, 0.4) is 0 Å². The van der Waals surface area contributed by atoms with Gasteiger partial charge in [-0.3, -0.25) is 4.98 Å². The first kappa shape index (κ1) is 11.0. The Morgan fingerprint density at radius 1 is 1.00 bits per heavy atom. The van der Waals surface area contributed by atoms with Crippen molar-refractivity contribution in [3.8, 4) is 11.3 Å². The van der Waals surface area contributed by atoms with E-state index >= 15 is 0 Å². The first-order valence-electron chi connectivity index (χ1n) is 3.84. The van der Waals surface area contributed by atoms with Crippen LogP contribution in [0.25, 0.3) is 11.3 Å². The summed E-state index contributed by atoms with van der Waals surface area (Å²) in [7, 11) is 0. The molecule has 3 heteroatoms. The number of aromatic nitrogens is 2. The number of hydrogen-bond acceptors (Lipinski definition) is 1. The van der Waals surface area contributed by atoms with Crippen LogP contribution in [0, 0.1) is 0 Å². The maximum Gasteiger partial charge on any atom is 1.00 e. The Morgan fingerprint density at radius 2 is 1.77 bits per heavy atom. The molecule has 0 radical (unpaired) electrons. The van der Waals surface area contributed by atoms with Crippen LogP contribution >= 0.6 is 0 Å². The molecule has 0 saturated heterocycles. The number of nitrogens with one attached hydrogen (secondary N) is 1. The van der Waals surface area contributed by atoms with Gasteiger partial charge in [0.05, 0.1) is 5.69 Å². The van der Waals surface area contributed by atoms with E-state index in [1.54, 1.807) is 6.20 Å². The zero-order chi connectivity index (χ0) is 8.23. The zero-order valence-electron chi connectivity index (χ0n) is 7.57. The molecule has 0 unspecified atom stereocenters. The van der Waals surface area contributed by atoms with E-state index in [-0.39, 0.29) is 51.4 Å². The van der Waals surface area contributed by atoms with Gasteiger partial charge in [-0.2, -0.15) is 0 Å². The standard InChI is InChI=1S/C10H8N2.K/c1-2-6-12-10(3-1)9-4-7-11-8-5-9;/h1-8H;/q;+1/p+1. The summed E-state index contributed by atoms with van der Waals surface area (Å²) in [6.07, 6.45) is 5.58. The molecule has 2 nitrogen and oxygen atoms in total. The molecular weight excluding hydrogens is 187 g/mol. The van der Waals surface area contributed by atoms with Gasteiger partial charge < -0.3 is 0 Å². The van der Waals surface area contributed by atoms with Gasteiger partial charge in [0.2, 0.25) is 0 Å². The normalized spacial score (nSPS) is 8.92. The van der Waals surface area contributed by atoms with E-state index in [4.69, 9.17) is 0 Å². The molecule has 0 aliphatic heterocycles. The van der Waals surface area contributed by atoms with E-state index < -0.39 is 0 Å². The van der Waals surface area contributed by atoms with Crippen LogP contribution in [0.1, 0.15) is 0 Å². The maximum absolute atomic E-state index is 4.24. The van der Waals surface area contributed by atoms with Crippen LogP contribution in [-0.4, -0.2) is 4.98 Å². The van der Waals surface area contributed by atoms with Gasteiger partial charge in [-0.05, 0) is 12.1 Å². The quantitative estimate of drug-likeness (QED) is 0.514. The first-order valence-corrected chi connectivity index (χ1v) is 3.84. The Hall–Kier alpha value is -0.0636. The van der Waals surface area contributed by atoms with Crippen molar-refractivity contribution in [2.24, 2.45) is 0 Å². The second-order valence-electron chi connectivity index (χ2n) is 2.50. The van der Waals surface area contributed by atoms with Crippen LogP contribution in [0.15, 0.2) is 48.9 Å². The Morgan fingerprint density at radius 3 is 2.38 bits per heavy atom. The molecule has 0 atom stereocenters. The van der Waals surface area contributed by atoms with Gasteiger partial charge in [0.1, 0.15) is 0 Å². The minimum absolute atomic E-state index is 0. The smallest absolute Gasteiger partial charge is 0.256 e. The van der Waals surface area contributed by atoms with Crippen LogP contribution in [0.4, 0.5) is 0 Å². The van der Waals surface area contributed by atoms with Crippen LogP contribution in [0.5, 0.6) is 0 Å². The third kappa shape index (κ3) is 2.97. The minimum Gasteiger partial charge on any atom is -0.256 e. The molecule has 0 aliphatic carbocycles. The van der Waals surface area contributed by atoms with Gasteiger partial charge in [-0.25, -0.2) is 4.98 Å². The molecule has 2 heterocycles. The number of pyridine rings is 2. The van der Waals surface area contributed by atoms with Gasteiger partial charge >= 0.3 is 51.4 Å². The molecular formula is C10H9KN2+2. The van der Waals surface area contributed by atoms with E-state index in [0.717, 1.165) is 11.3 Å². The molecule has 0 amide bonds. The van der Waals surface area contributed by atoms with E-state index in [0.29, 0.717) is 0 Å². The predicted molar refractivity (Wildman–Crippen MR) is 46.2 cm³/mol. The monoisotopic (exact) mass is 196 g/mol. The third-order valence-corrected chi connectivity index (χ3v) is 1.68. The Kier molecular flexibility index (Phi) is 4.76. The van der Waals surface area contributed by atoms with Crippen molar-refractivity contribution in [3.63, 3.8) is 0 Å². The summed E-state index contributed by atoms with van der Waals surface area (Å²) in [6.45, 7) is 0. The molecule has 0 bridgehead atoms. The Bertz CT molecular complexity index is 310. The van der Waals surface area contributed by atoms with Crippen molar-refractivity contribution in [2.75, 3.05) is 0 Å². The second kappa shape index (κ2) is 5.62. The summed E-state index contributed by atoms with van der Waals surface area (Å²) in [4.78, 5) is 7.21. The summed E-state index contributed by atoms with van der Waals surface area (Å²) in [5.41, 5.74) is 2.14. The molecule has 0 fully saturated rings. The van der Waals surface area contributed by atoms with E-state index in [9.17, 15) is 0 Å². The van der Waals surface area contributed by atoms with Gasteiger partial charge in [0, 0.05) is 23.9 Å². The molecule has 2 rings (SSSR count). The summed E-state index contributed by atoms with van der Waals surface area (Å²) in [6, 6.07) is 9.90. The SMILES string of the molecule is [K+].c1ccc(-c2cc[nH+]cc2)nc1. The molecule has 0 spiro atoms. The van der Waals surface area contributed by atoms with Crippen LogP contribution in [0.2, 0.25) is 0 Å². The Labute approximate surface area is 120 Å². The average molecular weight is 196 g/mol. The largest absolute Gasteiger partial charge is 1.00 e. The van der Waals surface area contributed by atoms with Gasteiger partial charge in [-0.1, -0.05) is 6.07 Å². The van der Waals surface area contributed by atoms with E-state index in [2.05, 4.69) is 9.97 Å². The fourth-order valence-electron chi connectivity index (χ4n) is 1.09. The first-order chi connectivity index (χ1) is 5.97. The number of hydrogen-bond donors (Lipinski definition) is 0. The molecule has 13 heavy (non-hydrogen) atoms. The second-order valence-corrected chi connectivity index (χ2v) is 2.50. The minimum atomic E-state index is 0. The zero-order valence-corrected chi connectivity index (χ0v) is 10.7. The predicted octanol–water partition coefficient (Wildman–Crippen LogP) is -1.43. The summed E-state index contributed by atoms with van der Waals surface area (Å²) >= 11 is 0. The van der Waals surface area contributed by atoms with E-state index in [1.165, 1.54) is 0 Å². The molecule has 2 aromatic rings. The average Bonchev–Trinajstić information content (AvgIpc) is 2.21. The van der Waals surface area contributed by atoms with Crippen molar-refractivity contribution in [1.82, 2.24) is 4.98 Å². The molecule has 2 aromatic heterocycles. The summed E-state index contributed by atoms with van der Waals surface area (Å²) in [5.74, 6) is 0. The van der Waals surface area contributed by atoms with Crippen molar-refractivity contribution in [3.05, 3.63) is 48.9 Å². The van der Waals surface area contributed by atoms with Crippen molar-refractivity contribution in [1.29, 1.82) is 0 Å². The van der Waals surface area contributed by atoms with Gasteiger partial charge in [0.25, 0.3) is 0 Å². The molecule has 0 aliphatic rings. The summed E-state index contributed by atoms with van der Waals surface area (Å²) in [5, 5.41) is 0. The van der Waals surface area contributed by atoms with Crippen molar-refractivity contribution >= 4 is 0 Å². The number of H-pyrrole nitrogens is 1. The Balaban J connectivity index is 0.000000845. The molecule has 0 aromatic carbocycles.